The number of aromatic amines is 1. The molecular formula is C18H16N6S2. The van der Waals surface area contributed by atoms with Crippen LogP contribution in [0.15, 0.2) is 65.3 Å². The van der Waals surface area contributed by atoms with Crippen molar-refractivity contribution in [2.24, 2.45) is 0 Å². The van der Waals surface area contributed by atoms with Crippen LogP contribution in [-0.4, -0.2) is 25.1 Å². The van der Waals surface area contributed by atoms with Crippen molar-refractivity contribution >= 4 is 28.9 Å². The lowest BCUT2D eigenvalue weighted by Crippen LogP contribution is -2.04. The molecule has 0 aliphatic rings. The molecule has 6 nitrogen and oxygen atoms in total. The van der Waals surface area contributed by atoms with Crippen molar-refractivity contribution in [2.45, 2.75) is 17.3 Å². The maximum Gasteiger partial charge on any atom is 0.191 e. The number of aromatic nitrogens is 5. The molecule has 0 aliphatic heterocycles. The lowest BCUT2D eigenvalue weighted by molar-refractivity contribution is 0.933. The zero-order valence-electron chi connectivity index (χ0n) is 13.8. The van der Waals surface area contributed by atoms with Crippen LogP contribution in [0.5, 0.6) is 0 Å². The largest absolute Gasteiger partial charge is 0.361 e. The zero-order chi connectivity index (χ0) is 17.6. The van der Waals surface area contributed by atoms with E-state index in [-0.39, 0.29) is 0 Å². The summed E-state index contributed by atoms with van der Waals surface area (Å²) in [4.78, 5) is 14.4. The van der Waals surface area contributed by atoms with E-state index in [2.05, 4.69) is 42.6 Å². The topological polar surface area (TPSA) is 79.4 Å². The first kappa shape index (κ1) is 16.7. The van der Waals surface area contributed by atoms with Crippen molar-refractivity contribution in [3.8, 4) is 10.7 Å². The number of benzene rings is 1. The highest BCUT2D eigenvalue weighted by molar-refractivity contribution is 7.98. The number of rotatable bonds is 7. The van der Waals surface area contributed by atoms with E-state index >= 15 is 0 Å². The van der Waals surface area contributed by atoms with Gasteiger partial charge in [0, 0.05) is 5.75 Å². The summed E-state index contributed by atoms with van der Waals surface area (Å²) in [5, 5.41) is 13.3. The first-order valence-corrected chi connectivity index (χ1v) is 9.91. The van der Waals surface area contributed by atoms with Gasteiger partial charge in [0.1, 0.15) is 16.7 Å². The maximum absolute atomic E-state index is 4.59. The number of thioether (sulfide) groups is 1. The van der Waals surface area contributed by atoms with Gasteiger partial charge in [-0.1, -0.05) is 36.4 Å². The fourth-order valence-corrected chi connectivity index (χ4v) is 3.76. The molecule has 4 aromatic rings. The highest BCUT2D eigenvalue weighted by Crippen LogP contribution is 2.22. The molecular weight excluding hydrogens is 364 g/mol. The summed E-state index contributed by atoms with van der Waals surface area (Å²) in [6.07, 6.45) is 3.49. The average molecular weight is 381 g/mol. The SMILES string of the molecule is c1ccc(CSc2cncc(NCc3nc(-c4cccs4)n[nH]3)n2)cc1. The Bertz CT molecular complexity index is 953. The number of nitrogens with zero attached hydrogens (tertiary/aromatic N) is 4. The third-order valence-corrected chi connectivity index (χ3v) is 5.39. The van der Waals surface area contributed by atoms with Crippen LogP contribution >= 0.6 is 23.1 Å². The van der Waals surface area contributed by atoms with Crippen LogP contribution in [0.1, 0.15) is 11.4 Å². The molecule has 8 heteroatoms. The van der Waals surface area contributed by atoms with Crippen molar-refractivity contribution < 1.29 is 0 Å². The van der Waals surface area contributed by atoms with Crippen LogP contribution < -0.4 is 5.32 Å². The Labute approximate surface area is 159 Å². The van der Waals surface area contributed by atoms with Crippen LogP contribution in [-0.2, 0) is 12.3 Å². The average Bonchev–Trinajstić information content (AvgIpc) is 3.37. The van der Waals surface area contributed by atoms with Gasteiger partial charge in [-0.15, -0.1) is 23.1 Å². The molecule has 4 rings (SSSR count). The fourth-order valence-electron chi connectivity index (χ4n) is 2.30. The van der Waals surface area contributed by atoms with Gasteiger partial charge in [-0.3, -0.25) is 10.1 Å². The molecule has 130 valence electrons. The minimum atomic E-state index is 0.514. The number of H-pyrrole nitrogens is 1. The first-order chi connectivity index (χ1) is 12.9. The summed E-state index contributed by atoms with van der Waals surface area (Å²) in [5.74, 6) is 3.07. The molecule has 0 amide bonds. The lowest BCUT2D eigenvalue weighted by Gasteiger charge is -2.05. The summed E-state index contributed by atoms with van der Waals surface area (Å²) >= 11 is 3.28. The van der Waals surface area contributed by atoms with Crippen LogP contribution in [0.4, 0.5) is 5.82 Å². The summed E-state index contributed by atoms with van der Waals surface area (Å²) in [6, 6.07) is 14.3. The predicted molar refractivity (Wildman–Crippen MR) is 105 cm³/mol. The van der Waals surface area contributed by atoms with Crippen molar-refractivity contribution in [1.29, 1.82) is 0 Å². The van der Waals surface area contributed by atoms with Gasteiger partial charge < -0.3 is 5.32 Å². The van der Waals surface area contributed by atoms with Gasteiger partial charge in [0.2, 0.25) is 0 Å². The molecule has 0 fully saturated rings. The number of nitrogens with one attached hydrogen (secondary N) is 2. The van der Waals surface area contributed by atoms with Gasteiger partial charge in [0.15, 0.2) is 5.82 Å². The third kappa shape index (κ3) is 4.27. The summed E-state index contributed by atoms with van der Waals surface area (Å²) in [5.41, 5.74) is 1.26. The fraction of sp³-hybridized carbons (Fsp3) is 0.111. The Kier molecular flexibility index (Phi) is 5.22. The van der Waals surface area contributed by atoms with E-state index in [1.807, 2.05) is 35.7 Å². The molecule has 0 atom stereocenters. The summed E-state index contributed by atoms with van der Waals surface area (Å²) in [7, 11) is 0. The molecule has 0 saturated heterocycles. The first-order valence-electron chi connectivity index (χ1n) is 8.04. The Morgan fingerprint density at radius 1 is 1.04 bits per heavy atom. The molecule has 3 heterocycles. The van der Waals surface area contributed by atoms with Crippen molar-refractivity contribution in [1.82, 2.24) is 25.1 Å². The summed E-state index contributed by atoms with van der Waals surface area (Å²) < 4.78 is 0. The second-order valence-corrected chi connectivity index (χ2v) is 7.40. The Balaban J connectivity index is 1.35. The molecule has 0 bridgehead atoms. The number of thiophene rings is 1. The van der Waals surface area contributed by atoms with Crippen LogP contribution in [0.2, 0.25) is 0 Å². The molecule has 26 heavy (non-hydrogen) atoms. The third-order valence-electron chi connectivity index (χ3n) is 3.55. The smallest absolute Gasteiger partial charge is 0.191 e. The van der Waals surface area contributed by atoms with E-state index in [0.29, 0.717) is 6.54 Å². The van der Waals surface area contributed by atoms with E-state index in [0.717, 1.165) is 33.1 Å². The van der Waals surface area contributed by atoms with Crippen LogP contribution in [0, 0.1) is 0 Å². The number of hydrogen-bond acceptors (Lipinski definition) is 7. The minimum absolute atomic E-state index is 0.514. The van der Waals surface area contributed by atoms with E-state index < -0.39 is 0 Å². The van der Waals surface area contributed by atoms with Gasteiger partial charge in [-0.2, -0.15) is 5.10 Å². The maximum atomic E-state index is 4.59. The minimum Gasteiger partial charge on any atom is -0.361 e. The van der Waals surface area contributed by atoms with Gasteiger partial charge in [-0.05, 0) is 17.0 Å². The van der Waals surface area contributed by atoms with Crippen LogP contribution in [0.25, 0.3) is 10.7 Å². The monoisotopic (exact) mass is 380 g/mol. The quantitative estimate of drug-likeness (QED) is 0.467. The second kappa shape index (κ2) is 8.11. The molecule has 3 aromatic heterocycles. The highest BCUT2D eigenvalue weighted by atomic mass is 32.2. The molecule has 2 N–H and O–H groups in total. The molecule has 0 saturated carbocycles. The van der Waals surface area contributed by atoms with Crippen LogP contribution in [0.3, 0.4) is 0 Å². The standard InChI is InChI=1S/C18H16N6S2/c1-2-5-13(6-3-1)12-26-17-11-19-9-15(21-17)20-10-16-22-18(24-23-16)14-7-4-8-25-14/h1-9,11H,10,12H2,(H,20,21)(H,22,23,24). The molecule has 0 spiro atoms. The molecule has 0 unspecified atom stereocenters. The lowest BCUT2D eigenvalue weighted by atomic mass is 10.2. The van der Waals surface area contributed by atoms with E-state index in [4.69, 9.17) is 0 Å². The Hall–Kier alpha value is -2.71. The van der Waals surface area contributed by atoms with Gasteiger partial charge in [0.05, 0.1) is 23.8 Å². The van der Waals surface area contributed by atoms with E-state index in [9.17, 15) is 0 Å². The van der Waals surface area contributed by atoms with Crippen molar-refractivity contribution in [3.05, 3.63) is 71.6 Å². The molecule has 0 radical (unpaired) electrons. The van der Waals surface area contributed by atoms with Gasteiger partial charge in [0.25, 0.3) is 0 Å². The highest BCUT2D eigenvalue weighted by Gasteiger charge is 2.07. The zero-order valence-corrected chi connectivity index (χ0v) is 15.4. The number of anilines is 1. The predicted octanol–water partition coefficient (Wildman–Crippen LogP) is 4.23. The van der Waals surface area contributed by atoms with E-state index in [1.165, 1.54) is 5.56 Å². The second-order valence-electron chi connectivity index (χ2n) is 5.45. The molecule has 0 aliphatic carbocycles. The summed E-state index contributed by atoms with van der Waals surface area (Å²) in [6.45, 7) is 0.514. The number of hydrogen-bond donors (Lipinski definition) is 2. The van der Waals surface area contributed by atoms with Crippen molar-refractivity contribution in [3.63, 3.8) is 0 Å². The van der Waals surface area contributed by atoms with Crippen molar-refractivity contribution in [2.75, 3.05) is 5.32 Å². The Morgan fingerprint density at radius 3 is 2.81 bits per heavy atom. The van der Waals surface area contributed by atoms with Gasteiger partial charge in [-0.25, -0.2) is 9.97 Å². The van der Waals surface area contributed by atoms with E-state index in [1.54, 1.807) is 35.5 Å². The van der Waals surface area contributed by atoms with Gasteiger partial charge >= 0.3 is 0 Å². The molecule has 1 aromatic carbocycles. The normalized spacial score (nSPS) is 10.8. The Morgan fingerprint density at radius 2 is 1.96 bits per heavy atom.